The van der Waals surface area contributed by atoms with Crippen LogP contribution in [0.2, 0.25) is 0 Å². The van der Waals surface area contributed by atoms with Crippen LogP contribution in [0.5, 0.6) is 11.5 Å². The number of hydrogen-bond donors (Lipinski definition) is 1. The summed E-state index contributed by atoms with van der Waals surface area (Å²) in [5.74, 6) is -0.387. The van der Waals surface area contributed by atoms with Crippen molar-refractivity contribution in [3.63, 3.8) is 0 Å². The van der Waals surface area contributed by atoms with E-state index in [1.165, 1.54) is 36.7 Å². The Morgan fingerprint density at radius 1 is 1.15 bits per heavy atom. The third kappa shape index (κ3) is 5.86. The number of rotatable bonds is 8. The van der Waals surface area contributed by atoms with Gasteiger partial charge in [0, 0.05) is 31.1 Å². The molecule has 216 valence electrons. The third-order valence-corrected chi connectivity index (χ3v) is 10.9. The molecule has 0 amide bonds. The van der Waals surface area contributed by atoms with E-state index in [1.807, 2.05) is 18.2 Å². The molecular formula is C28H33FN2O7S2. The highest BCUT2D eigenvalue weighted by molar-refractivity contribution is 7.89. The van der Waals surface area contributed by atoms with Crippen molar-refractivity contribution in [2.24, 2.45) is 5.92 Å². The van der Waals surface area contributed by atoms with E-state index >= 15 is 0 Å². The van der Waals surface area contributed by atoms with Gasteiger partial charge < -0.3 is 14.6 Å². The molecule has 0 spiro atoms. The molecule has 1 N–H and O–H groups in total. The topological polar surface area (TPSA) is 113 Å². The molecule has 3 atom stereocenters. The van der Waals surface area contributed by atoms with Crippen molar-refractivity contribution in [1.29, 1.82) is 0 Å². The molecule has 0 bridgehead atoms. The Hall–Kier alpha value is -3.03. The summed E-state index contributed by atoms with van der Waals surface area (Å²) in [5, 5.41) is 9.86. The van der Waals surface area contributed by atoms with Crippen molar-refractivity contribution in [2.75, 3.05) is 33.9 Å². The van der Waals surface area contributed by atoms with E-state index in [2.05, 4.69) is 0 Å². The second-order valence-electron chi connectivity index (χ2n) is 9.84. The van der Waals surface area contributed by atoms with Crippen molar-refractivity contribution in [2.45, 2.75) is 35.8 Å². The fourth-order valence-corrected chi connectivity index (χ4v) is 7.64. The smallest absolute Gasteiger partial charge is 0.247 e. The maximum Gasteiger partial charge on any atom is 0.247 e. The Bertz CT molecular complexity index is 1560. The average Bonchev–Trinajstić information content (AvgIpc) is 2.94. The number of fused-ring (bicyclic) bond motifs is 1. The molecule has 0 saturated carbocycles. The molecule has 4 rings (SSSR count). The second kappa shape index (κ2) is 11.8. The van der Waals surface area contributed by atoms with Gasteiger partial charge in [-0.05, 0) is 55.0 Å². The van der Waals surface area contributed by atoms with Crippen molar-refractivity contribution in [3.05, 3.63) is 72.5 Å². The summed E-state index contributed by atoms with van der Waals surface area (Å²) >= 11 is 0. The van der Waals surface area contributed by atoms with E-state index in [-0.39, 0.29) is 28.6 Å². The van der Waals surface area contributed by atoms with Gasteiger partial charge in [-0.15, -0.1) is 0 Å². The highest BCUT2D eigenvalue weighted by Gasteiger charge is 2.39. The predicted molar refractivity (Wildman–Crippen MR) is 149 cm³/mol. The van der Waals surface area contributed by atoms with Crippen LogP contribution in [0, 0.1) is 11.7 Å². The van der Waals surface area contributed by atoms with Crippen molar-refractivity contribution in [3.8, 4) is 22.6 Å². The molecule has 12 heteroatoms. The number of halogens is 1. The van der Waals surface area contributed by atoms with E-state index in [4.69, 9.17) is 9.47 Å². The van der Waals surface area contributed by atoms with Crippen LogP contribution >= 0.6 is 0 Å². The van der Waals surface area contributed by atoms with E-state index in [0.717, 1.165) is 22.0 Å². The van der Waals surface area contributed by atoms with Gasteiger partial charge in [-0.3, -0.25) is 0 Å². The molecule has 0 saturated heterocycles. The lowest BCUT2D eigenvalue weighted by atomic mass is 10.0. The summed E-state index contributed by atoms with van der Waals surface area (Å²) in [7, 11) is -5.14. The molecule has 0 unspecified atom stereocenters. The fourth-order valence-electron chi connectivity index (χ4n) is 4.63. The van der Waals surface area contributed by atoms with Crippen LogP contribution in [0.1, 0.15) is 13.8 Å². The number of nitrogens with zero attached hydrogens (tertiary/aromatic N) is 2. The summed E-state index contributed by atoms with van der Waals surface area (Å²) < 4.78 is 81.6. The average molecular weight is 593 g/mol. The van der Waals surface area contributed by atoms with Crippen molar-refractivity contribution < 1.29 is 35.8 Å². The summed E-state index contributed by atoms with van der Waals surface area (Å²) in [5.41, 5.74) is 1.37. The number of ether oxygens (including phenoxy) is 2. The molecule has 0 radical (unpaired) electrons. The molecule has 1 heterocycles. The minimum Gasteiger partial charge on any atom is -0.496 e. The number of benzene rings is 3. The quantitative estimate of drug-likeness (QED) is 0.425. The monoisotopic (exact) mass is 592 g/mol. The lowest BCUT2D eigenvalue weighted by Gasteiger charge is -2.37. The van der Waals surface area contributed by atoms with Gasteiger partial charge in [-0.2, -0.15) is 8.61 Å². The van der Waals surface area contributed by atoms with Gasteiger partial charge >= 0.3 is 0 Å². The Morgan fingerprint density at radius 3 is 2.48 bits per heavy atom. The molecule has 1 aliphatic heterocycles. The maximum atomic E-state index is 13.8. The standard InChI is InChI=1S/C28H33FN2O7S2/c1-19-16-31(20(2)18-32)40(35,36)28-14-9-21(24-7-5-6-8-25(24)37-4)15-26(28)38-27(19)17-30(3)39(33,34)23-12-10-22(29)11-13-23/h5-15,19-20,27,32H,16-18H2,1-4H3/t19-,20+,27-/m0/s1. The predicted octanol–water partition coefficient (Wildman–Crippen LogP) is 3.59. The molecule has 1 aliphatic rings. The molecular weight excluding hydrogens is 559 g/mol. The minimum atomic E-state index is -4.08. The lowest BCUT2D eigenvalue weighted by Crippen LogP contribution is -2.50. The van der Waals surface area contributed by atoms with Gasteiger partial charge in [0.25, 0.3) is 0 Å². The van der Waals surface area contributed by atoms with Crippen LogP contribution in [-0.2, 0) is 20.0 Å². The second-order valence-corrected chi connectivity index (χ2v) is 13.7. The zero-order valence-corrected chi connectivity index (χ0v) is 24.3. The number of likely N-dealkylation sites (N-methyl/N-ethyl adjacent to an activating group) is 1. The summed E-state index contributed by atoms with van der Waals surface area (Å²) in [4.78, 5) is -0.167. The Labute approximate surface area is 234 Å². The van der Waals surface area contributed by atoms with Crippen LogP contribution in [0.3, 0.4) is 0 Å². The van der Waals surface area contributed by atoms with Gasteiger partial charge in [0.05, 0.1) is 25.2 Å². The maximum absolute atomic E-state index is 13.8. The normalized spacial score (nSPS) is 20.2. The molecule has 3 aromatic rings. The van der Waals surface area contributed by atoms with Gasteiger partial charge in [0.2, 0.25) is 20.0 Å². The molecule has 0 fully saturated rings. The van der Waals surface area contributed by atoms with E-state index < -0.39 is 50.5 Å². The van der Waals surface area contributed by atoms with Gasteiger partial charge in [0.1, 0.15) is 28.3 Å². The Balaban J connectivity index is 1.79. The number of para-hydroxylation sites is 1. The largest absolute Gasteiger partial charge is 0.496 e. The van der Waals surface area contributed by atoms with Crippen LogP contribution < -0.4 is 9.47 Å². The first-order valence-corrected chi connectivity index (χ1v) is 15.6. The van der Waals surface area contributed by atoms with Gasteiger partial charge in [-0.1, -0.05) is 31.2 Å². The zero-order valence-electron chi connectivity index (χ0n) is 22.7. The summed E-state index contributed by atoms with van der Waals surface area (Å²) in [6.45, 7) is 2.86. The number of methoxy groups -OCH3 is 1. The van der Waals surface area contributed by atoms with Crippen molar-refractivity contribution >= 4 is 20.0 Å². The first kappa shape index (κ1) is 29.9. The number of aliphatic hydroxyl groups excluding tert-OH is 1. The number of hydrogen-bond acceptors (Lipinski definition) is 7. The summed E-state index contributed by atoms with van der Waals surface area (Å²) in [6, 6.07) is 15.8. The van der Waals surface area contributed by atoms with Crippen LogP contribution in [0.15, 0.2) is 76.5 Å². The zero-order chi connectivity index (χ0) is 29.2. The molecule has 40 heavy (non-hydrogen) atoms. The highest BCUT2D eigenvalue weighted by Crippen LogP contribution is 2.39. The molecule has 3 aromatic carbocycles. The molecule has 0 aromatic heterocycles. The van der Waals surface area contributed by atoms with Crippen LogP contribution in [-0.4, -0.2) is 76.6 Å². The first-order valence-electron chi connectivity index (χ1n) is 12.7. The summed E-state index contributed by atoms with van der Waals surface area (Å²) in [6.07, 6.45) is -0.768. The van der Waals surface area contributed by atoms with Crippen LogP contribution in [0.4, 0.5) is 4.39 Å². The Morgan fingerprint density at radius 2 is 1.82 bits per heavy atom. The number of aliphatic hydroxyl groups is 1. The van der Waals surface area contributed by atoms with E-state index in [9.17, 15) is 26.3 Å². The minimum absolute atomic E-state index is 0.00708. The molecule has 9 nitrogen and oxygen atoms in total. The lowest BCUT2D eigenvalue weighted by molar-refractivity contribution is 0.0905. The fraction of sp³-hybridized carbons (Fsp3) is 0.357. The van der Waals surface area contributed by atoms with E-state index in [1.54, 1.807) is 32.0 Å². The van der Waals surface area contributed by atoms with Gasteiger partial charge in [-0.25, -0.2) is 21.2 Å². The molecule has 0 aliphatic carbocycles. The van der Waals surface area contributed by atoms with Gasteiger partial charge in [0.15, 0.2) is 0 Å². The van der Waals surface area contributed by atoms with Crippen LogP contribution in [0.25, 0.3) is 11.1 Å². The van der Waals surface area contributed by atoms with E-state index in [0.29, 0.717) is 11.3 Å². The number of sulfonamides is 2. The first-order chi connectivity index (χ1) is 18.9. The highest BCUT2D eigenvalue weighted by atomic mass is 32.2. The third-order valence-electron chi connectivity index (χ3n) is 7.04. The SMILES string of the molecule is COc1ccccc1-c1ccc2c(c1)O[C@@H](CN(C)S(=O)(=O)c1ccc(F)cc1)[C@@H](C)CN([C@H](C)CO)S2(=O)=O. The van der Waals surface area contributed by atoms with Crippen molar-refractivity contribution in [1.82, 2.24) is 8.61 Å². The Kier molecular flexibility index (Phi) is 8.86.